The van der Waals surface area contributed by atoms with E-state index in [2.05, 4.69) is 10.2 Å². The molecule has 3 nitrogen and oxygen atoms in total. The SMILES string of the molecule is Cc1cc(O)cc(C)c1[C@H](CCF)N1CCNCC1. The molecule has 0 unspecified atom stereocenters. The fourth-order valence-electron chi connectivity index (χ4n) is 3.08. The first-order chi connectivity index (χ1) is 9.13. The van der Waals surface area contributed by atoms with Crippen molar-refractivity contribution < 1.29 is 9.50 Å². The maximum Gasteiger partial charge on any atom is 0.116 e. The Morgan fingerprint density at radius 3 is 2.37 bits per heavy atom. The molecule has 2 N–H and O–H groups in total. The van der Waals surface area contributed by atoms with Crippen LogP contribution < -0.4 is 5.32 Å². The number of aromatic hydroxyl groups is 1. The number of aryl methyl sites for hydroxylation is 2. The second-order valence-corrected chi connectivity index (χ2v) is 5.27. The van der Waals surface area contributed by atoms with Gasteiger partial charge in [0.1, 0.15) is 5.75 Å². The van der Waals surface area contributed by atoms with Crippen LogP contribution in [0.15, 0.2) is 12.1 Å². The average Bonchev–Trinajstić information content (AvgIpc) is 2.37. The van der Waals surface area contributed by atoms with Gasteiger partial charge in [-0.2, -0.15) is 0 Å². The molecule has 1 atom stereocenters. The maximum absolute atomic E-state index is 12.9. The summed E-state index contributed by atoms with van der Waals surface area (Å²) in [5, 5.41) is 13.0. The summed E-state index contributed by atoms with van der Waals surface area (Å²) in [5.41, 5.74) is 3.28. The lowest BCUT2D eigenvalue weighted by Gasteiger charge is -2.36. The third-order valence-electron chi connectivity index (χ3n) is 3.89. The largest absolute Gasteiger partial charge is 0.508 e. The summed E-state index contributed by atoms with van der Waals surface area (Å²) < 4.78 is 12.9. The third-order valence-corrected chi connectivity index (χ3v) is 3.89. The van der Waals surface area contributed by atoms with Gasteiger partial charge in [-0.15, -0.1) is 0 Å². The van der Waals surface area contributed by atoms with E-state index in [9.17, 15) is 9.50 Å². The molecule has 1 fully saturated rings. The lowest BCUT2D eigenvalue weighted by Crippen LogP contribution is -2.45. The zero-order valence-corrected chi connectivity index (χ0v) is 11.7. The summed E-state index contributed by atoms with van der Waals surface area (Å²) in [6.45, 7) is 7.49. The molecule has 0 radical (unpaired) electrons. The molecule has 1 saturated heterocycles. The van der Waals surface area contributed by atoms with E-state index in [1.54, 1.807) is 12.1 Å². The van der Waals surface area contributed by atoms with Crippen LogP contribution in [0.3, 0.4) is 0 Å². The number of halogens is 1. The monoisotopic (exact) mass is 266 g/mol. The predicted molar refractivity (Wildman–Crippen MR) is 75.4 cm³/mol. The Balaban J connectivity index is 2.32. The van der Waals surface area contributed by atoms with E-state index in [0.29, 0.717) is 6.42 Å². The minimum atomic E-state index is -0.311. The Labute approximate surface area is 114 Å². The molecule has 1 aromatic rings. The number of phenols is 1. The highest BCUT2D eigenvalue weighted by atomic mass is 19.1. The Hall–Kier alpha value is -1.13. The van der Waals surface area contributed by atoms with Crippen molar-refractivity contribution in [3.05, 3.63) is 28.8 Å². The van der Waals surface area contributed by atoms with E-state index in [0.717, 1.165) is 37.3 Å². The topological polar surface area (TPSA) is 35.5 Å². The Morgan fingerprint density at radius 1 is 1.26 bits per heavy atom. The number of alkyl halides is 1. The molecule has 4 heteroatoms. The Morgan fingerprint density at radius 2 is 1.84 bits per heavy atom. The van der Waals surface area contributed by atoms with Crippen LogP contribution in [0, 0.1) is 13.8 Å². The van der Waals surface area contributed by atoms with Crippen molar-refractivity contribution in [1.29, 1.82) is 0 Å². The van der Waals surface area contributed by atoms with Crippen LogP contribution in [0.5, 0.6) is 5.75 Å². The molecule has 19 heavy (non-hydrogen) atoms. The van der Waals surface area contributed by atoms with Crippen molar-refractivity contribution in [1.82, 2.24) is 10.2 Å². The Bertz CT molecular complexity index is 407. The van der Waals surface area contributed by atoms with Gasteiger partial charge in [-0.3, -0.25) is 9.29 Å². The predicted octanol–water partition coefficient (Wildman–Crippen LogP) is 2.31. The highest BCUT2D eigenvalue weighted by Gasteiger charge is 2.24. The van der Waals surface area contributed by atoms with Crippen molar-refractivity contribution in [2.24, 2.45) is 0 Å². The van der Waals surface area contributed by atoms with Crippen molar-refractivity contribution in [2.75, 3.05) is 32.9 Å². The number of phenolic OH excluding ortho intramolecular Hbond substituents is 1. The van der Waals surface area contributed by atoms with Crippen molar-refractivity contribution in [3.8, 4) is 5.75 Å². The second-order valence-electron chi connectivity index (χ2n) is 5.27. The number of rotatable bonds is 4. The standard InChI is InChI=1S/C15H23FN2O/c1-11-9-13(19)10-12(2)15(11)14(3-4-16)18-7-5-17-6-8-18/h9-10,14,17,19H,3-8H2,1-2H3/t14-/m0/s1. The molecule has 0 bridgehead atoms. The molecule has 1 aromatic carbocycles. The van der Waals surface area contributed by atoms with Gasteiger partial charge in [0.25, 0.3) is 0 Å². The second kappa shape index (κ2) is 6.35. The summed E-state index contributed by atoms with van der Waals surface area (Å²) in [5.74, 6) is 0.290. The van der Waals surface area contributed by atoms with E-state index in [1.165, 1.54) is 5.56 Å². The van der Waals surface area contributed by atoms with Gasteiger partial charge in [0, 0.05) is 32.2 Å². The van der Waals surface area contributed by atoms with Crippen molar-refractivity contribution in [3.63, 3.8) is 0 Å². The zero-order chi connectivity index (χ0) is 13.8. The van der Waals surface area contributed by atoms with Crippen LogP contribution in [0.1, 0.15) is 29.2 Å². The highest BCUT2D eigenvalue weighted by Crippen LogP contribution is 2.32. The molecule has 0 amide bonds. The summed E-state index contributed by atoms with van der Waals surface area (Å²) >= 11 is 0. The van der Waals surface area contributed by atoms with Gasteiger partial charge in [-0.05, 0) is 49.1 Å². The van der Waals surface area contributed by atoms with Crippen LogP contribution in [0.2, 0.25) is 0 Å². The number of hydrogen-bond donors (Lipinski definition) is 2. The number of benzene rings is 1. The fraction of sp³-hybridized carbons (Fsp3) is 0.600. The molecule has 0 aliphatic carbocycles. The minimum absolute atomic E-state index is 0.118. The van der Waals surface area contributed by atoms with Crippen LogP contribution in [-0.2, 0) is 0 Å². The fourth-order valence-corrected chi connectivity index (χ4v) is 3.08. The molecule has 1 heterocycles. The van der Waals surface area contributed by atoms with Crippen LogP contribution >= 0.6 is 0 Å². The first kappa shape index (κ1) is 14.3. The van der Waals surface area contributed by atoms with Gasteiger partial charge in [-0.1, -0.05) is 0 Å². The summed E-state index contributed by atoms with van der Waals surface area (Å²) in [6.07, 6.45) is 0.520. The van der Waals surface area contributed by atoms with Crippen molar-refractivity contribution >= 4 is 0 Å². The minimum Gasteiger partial charge on any atom is -0.508 e. The quantitative estimate of drug-likeness (QED) is 0.878. The van der Waals surface area contributed by atoms with E-state index in [4.69, 9.17) is 0 Å². The maximum atomic E-state index is 12.9. The van der Waals surface area contributed by atoms with Gasteiger partial charge < -0.3 is 10.4 Å². The summed E-state index contributed by atoms with van der Waals surface area (Å²) in [4.78, 5) is 2.35. The first-order valence-corrected chi connectivity index (χ1v) is 6.94. The third kappa shape index (κ3) is 3.25. The van der Waals surface area contributed by atoms with Crippen LogP contribution in [0.4, 0.5) is 4.39 Å². The van der Waals surface area contributed by atoms with E-state index < -0.39 is 0 Å². The lowest BCUT2D eigenvalue weighted by molar-refractivity contribution is 0.156. The van der Waals surface area contributed by atoms with Gasteiger partial charge in [0.2, 0.25) is 0 Å². The van der Waals surface area contributed by atoms with Gasteiger partial charge in [0.15, 0.2) is 0 Å². The van der Waals surface area contributed by atoms with E-state index >= 15 is 0 Å². The molecular weight excluding hydrogens is 243 g/mol. The van der Waals surface area contributed by atoms with Crippen LogP contribution in [-0.4, -0.2) is 42.9 Å². The number of piperazine rings is 1. The number of hydrogen-bond acceptors (Lipinski definition) is 3. The number of nitrogens with zero attached hydrogens (tertiary/aromatic N) is 1. The van der Waals surface area contributed by atoms with Gasteiger partial charge in [0.05, 0.1) is 6.67 Å². The molecular formula is C15H23FN2O. The summed E-state index contributed by atoms with van der Waals surface area (Å²) in [7, 11) is 0. The van der Waals surface area contributed by atoms with Crippen LogP contribution in [0.25, 0.3) is 0 Å². The van der Waals surface area contributed by atoms with E-state index in [-0.39, 0.29) is 18.5 Å². The highest BCUT2D eigenvalue weighted by molar-refractivity contribution is 5.42. The molecule has 106 valence electrons. The van der Waals surface area contributed by atoms with E-state index in [1.807, 2.05) is 13.8 Å². The molecule has 2 rings (SSSR count). The zero-order valence-electron chi connectivity index (χ0n) is 11.7. The molecule has 0 spiro atoms. The Kier molecular flexibility index (Phi) is 4.77. The molecule has 1 aliphatic heterocycles. The lowest BCUT2D eigenvalue weighted by atomic mass is 9.92. The normalized spacial score (nSPS) is 18.5. The summed E-state index contributed by atoms with van der Waals surface area (Å²) in [6, 6.07) is 3.67. The molecule has 1 aliphatic rings. The first-order valence-electron chi connectivity index (χ1n) is 6.94. The average molecular weight is 266 g/mol. The molecule has 0 saturated carbocycles. The number of nitrogens with one attached hydrogen (secondary N) is 1. The van der Waals surface area contributed by atoms with Gasteiger partial charge >= 0.3 is 0 Å². The molecule has 0 aromatic heterocycles. The van der Waals surface area contributed by atoms with Gasteiger partial charge in [-0.25, -0.2) is 0 Å². The smallest absolute Gasteiger partial charge is 0.116 e. The van der Waals surface area contributed by atoms with Crippen molar-refractivity contribution in [2.45, 2.75) is 26.3 Å².